The van der Waals surface area contributed by atoms with Crippen molar-refractivity contribution in [1.29, 1.82) is 0 Å². The third kappa shape index (κ3) is 26.4. The average Bonchev–Trinajstić information content (AvgIpc) is 3.30. The first kappa shape index (κ1) is 59.1. The second-order valence-electron chi connectivity index (χ2n) is 18.0. The van der Waals surface area contributed by atoms with Crippen molar-refractivity contribution in [2.24, 2.45) is 0 Å². The molecule has 11 atom stereocenters. The molecule has 2 aliphatic rings. The number of unbranched alkanes of at least 4 members (excludes halogenated alkanes) is 21. The zero-order chi connectivity index (χ0) is 47.5. The van der Waals surface area contributed by atoms with Crippen LogP contribution >= 0.6 is 0 Å². The van der Waals surface area contributed by atoms with Crippen molar-refractivity contribution in [3.05, 3.63) is 24.3 Å². The van der Waals surface area contributed by atoms with Gasteiger partial charge in [-0.3, -0.25) is 9.59 Å². The molecule has 380 valence electrons. The number of esters is 2. The van der Waals surface area contributed by atoms with Crippen molar-refractivity contribution in [3.8, 4) is 0 Å². The van der Waals surface area contributed by atoms with Gasteiger partial charge in [-0.25, -0.2) is 0 Å². The van der Waals surface area contributed by atoms with E-state index in [1.165, 1.54) is 77.0 Å². The molecule has 0 aromatic carbocycles. The lowest BCUT2D eigenvalue weighted by Crippen LogP contribution is -2.61. The minimum Gasteiger partial charge on any atom is -0.462 e. The van der Waals surface area contributed by atoms with Gasteiger partial charge >= 0.3 is 11.9 Å². The first-order valence-electron chi connectivity index (χ1n) is 25.4. The fraction of sp³-hybridized carbons (Fsp3) is 0.880. The lowest BCUT2D eigenvalue weighted by atomic mass is 9.98. The van der Waals surface area contributed by atoms with Crippen molar-refractivity contribution in [3.63, 3.8) is 0 Å². The van der Waals surface area contributed by atoms with Gasteiger partial charge in [-0.05, 0) is 57.8 Å². The van der Waals surface area contributed by atoms with Crippen LogP contribution in [0.3, 0.4) is 0 Å². The highest BCUT2D eigenvalue weighted by atomic mass is 16.7. The molecule has 0 bridgehead atoms. The minimum atomic E-state index is -1.76. The van der Waals surface area contributed by atoms with Gasteiger partial charge in [0.25, 0.3) is 0 Å². The van der Waals surface area contributed by atoms with E-state index in [1.54, 1.807) is 0 Å². The molecule has 2 aliphatic heterocycles. The molecule has 0 amide bonds. The van der Waals surface area contributed by atoms with E-state index < -0.39 is 92.7 Å². The van der Waals surface area contributed by atoms with Gasteiger partial charge in [0.1, 0.15) is 55.4 Å². The van der Waals surface area contributed by atoms with Crippen LogP contribution < -0.4 is 0 Å². The monoisotopic (exact) mass is 931 g/mol. The van der Waals surface area contributed by atoms with Gasteiger partial charge in [-0.1, -0.05) is 141 Å². The first-order valence-corrected chi connectivity index (χ1v) is 25.4. The molecule has 11 unspecified atom stereocenters. The second-order valence-corrected chi connectivity index (χ2v) is 18.0. The maximum absolute atomic E-state index is 13.0. The Labute approximate surface area is 390 Å². The summed E-state index contributed by atoms with van der Waals surface area (Å²) in [6.45, 7) is 2.54. The summed E-state index contributed by atoms with van der Waals surface area (Å²) in [6.07, 6.45) is 20.7. The molecular formula is C50H90O15. The third-order valence-electron chi connectivity index (χ3n) is 12.2. The van der Waals surface area contributed by atoms with Crippen LogP contribution in [0.2, 0.25) is 0 Å². The molecule has 7 N–H and O–H groups in total. The van der Waals surface area contributed by atoms with Crippen molar-refractivity contribution in [2.45, 2.75) is 255 Å². The fourth-order valence-corrected chi connectivity index (χ4v) is 7.90. The van der Waals surface area contributed by atoms with E-state index >= 15 is 0 Å². The number of hydrogen-bond donors (Lipinski definition) is 7. The highest BCUT2D eigenvalue weighted by Crippen LogP contribution is 2.26. The van der Waals surface area contributed by atoms with Gasteiger partial charge in [-0.2, -0.15) is 0 Å². The predicted octanol–water partition coefficient (Wildman–Crippen LogP) is 6.77. The smallest absolute Gasteiger partial charge is 0.306 e. The molecule has 0 saturated carbocycles. The molecule has 0 spiro atoms. The van der Waals surface area contributed by atoms with Crippen LogP contribution in [0.15, 0.2) is 24.3 Å². The molecule has 2 heterocycles. The number of carbonyl (C=O) groups is 2. The van der Waals surface area contributed by atoms with Gasteiger partial charge < -0.3 is 64.2 Å². The van der Waals surface area contributed by atoms with Crippen molar-refractivity contribution < 1.29 is 73.8 Å². The van der Waals surface area contributed by atoms with E-state index in [0.29, 0.717) is 12.8 Å². The number of aliphatic hydroxyl groups excluding tert-OH is 7. The Morgan fingerprint density at radius 2 is 0.892 bits per heavy atom. The number of rotatable bonds is 39. The second kappa shape index (κ2) is 37.9. The summed E-state index contributed by atoms with van der Waals surface area (Å²) in [5.74, 6) is -0.938. The van der Waals surface area contributed by atoms with Crippen LogP contribution in [0.5, 0.6) is 0 Å². The quantitative estimate of drug-likeness (QED) is 0.0192. The van der Waals surface area contributed by atoms with Gasteiger partial charge in [-0.15, -0.1) is 0 Å². The summed E-state index contributed by atoms with van der Waals surface area (Å²) < 4.78 is 33.5. The van der Waals surface area contributed by atoms with Crippen molar-refractivity contribution >= 4 is 11.9 Å². The Morgan fingerprint density at radius 1 is 0.477 bits per heavy atom. The molecule has 2 fully saturated rings. The fourth-order valence-electron chi connectivity index (χ4n) is 7.90. The summed E-state index contributed by atoms with van der Waals surface area (Å²) >= 11 is 0. The Morgan fingerprint density at radius 3 is 1.40 bits per heavy atom. The number of aliphatic hydroxyl groups is 7. The standard InChI is InChI=1S/C50H90O15/c1-3-5-7-9-11-13-15-16-17-18-19-20-21-23-25-27-29-31-33-42(53)63-38(35-60-41(52)32-30-28-26-24-22-14-12-10-8-6-4-2)36-61-49-48(59)46(57)44(55)40(65-49)37-62-50-47(58)45(56)43(54)39(34-51)64-50/h10,12,17-18,38-40,43-51,54-59H,3-9,11,13-16,19-37H2,1-2H3/b12-10-,18-17-. The maximum Gasteiger partial charge on any atom is 0.306 e. The average molecular weight is 931 g/mol. The van der Waals surface area contributed by atoms with Crippen LogP contribution in [0, 0.1) is 0 Å². The minimum absolute atomic E-state index is 0.160. The first-order chi connectivity index (χ1) is 31.5. The van der Waals surface area contributed by atoms with E-state index in [-0.39, 0.29) is 26.1 Å². The van der Waals surface area contributed by atoms with Gasteiger partial charge in [0.15, 0.2) is 18.7 Å². The van der Waals surface area contributed by atoms with E-state index in [9.17, 15) is 45.3 Å². The highest BCUT2D eigenvalue weighted by molar-refractivity contribution is 5.70. The molecule has 2 rings (SSSR count). The molecule has 0 radical (unpaired) electrons. The molecule has 15 nitrogen and oxygen atoms in total. The normalized spacial score (nSPS) is 26.5. The molecule has 65 heavy (non-hydrogen) atoms. The Balaban J connectivity index is 1.81. The van der Waals surface area contributed by atoms with E-state index in [4.69, 9.17) is 28.4 Å². The van der Waals surface area contributed by atoms with E-state index in [0.717, 1.165) is 70.6 Å². The Kier molecular flexibility index (Phi) is 34.5. The topological polar surface area (TPSA) is 231 Å². The van der Waals surface area contributed by atoms with Gasteiger partial charge in [0.2, 0.25) is 0 Å². The Bertz CT molecular complexity index is 1230. The summed E-state index contributed by atoms with van der Waals surface area (Å²) in [4.78, 5) is 25.7. The Hall–Kier alpha value is -2.02. The zero-order valence-electron chi connectivity index (χ0n) is 40.0. The molecule has 0 aromatic heterocycles. The van der Waals surface area contributed by atoms with Gasteiger partial charge in [0, 0.05) is 12.8 Å². The summed E-state index contributed by atoms with van der Waals surface area (Å²) in [5, 5.41) is 72.0. The molecule has 2 saturated heterocycles. The zero-order valence-corrected chi connectivity index (χ0v) is 40.0. The van der Waals surface area contributed by atoms with Gasteiger partial charge in [0.05, 0.1) is 19.8 Å². The molecular weight excluding hydrogens is 841 g/mol. The van der Waals surface area contributed by atoms with Crippen molar-refractivity contribution in [1.82, 2.24) is 0 Å². The van der Waals surface area contributed by atoms with Crippen LogP contribution in [-0.2, 0) is 38.0 Å². The number of ether oxygens (including phenoxy) is 6. The van der Waals surface area contributed by atoms with Crippen LogP contribution in [-0.4, -0.2) is 142 Å². The molecule has 15 heteroatoms. The van der Waals surface area contributed by atoms with Crippen LogP contribution in [0.1, 0.15) is 187 Å². The van der Waals surface area contributed by atoms with Crippen LogP contribution in [0.25, 0.3) is 0 Å². The maximum atomic E-state index is 13.0. The predicted molar refractivity (Wildman–Crippen MR) is 247 cm³/mol. The number of carbonyl (C=O) groups excluding carboxylic acids is 2. The van der Waals surface area contributed by atoms with Crippen LogP contribution in [0.4, 0.5) is 0 Å². The molecule has 0 aliphatic carbocycles. The highest BCUT2D eigenvalue weighted by Gasteiger charge is 2.47. The number of hydrogen-bond acceptors (Lipinski definition) is 15. The summed E-state index contributed by atoms with van der Waals surface area (Å²) in [7, 11) is 0. The largest absolute Gasteiger partial charge is 0.462 e. The number of allylic oxidation sites excluding steroid dienone is 4. The summed E-state index contributed by atoms with van der Waals surface area (Å²) in [6, 6.07) is 0. The third-order valence-corrected chi connectivity index (χ3v) is 12.2. The molecule has 0 aromatic rings. The van der Waals surface area contributed by atoms with Crippen molar-refractivity contribution in [2.75, 3.05) is 26.4 Å². The summed E-state index contributed by atoms with van der Waals surface area (Å²) in [5.41, 5.74) is 0. The lowest BCUT2D eigenvalue weighted by Gasteiger charge is -2.42. The van der Waals surface area contributed by atoms with E-state index in [1.807, 2.05) is 0 Å². The lowest BCUT2D eigenvalue weighted by molar-refractivity contribution is -0.332. The SMILES string of the molecule is CCCC/C=C\CCCCCCCC(=O)OCC(COC1OC(COC2OC(CO)C(O)C(O)C2O)C(O)C(O)C1O)OC(=O)CCCCCCCCC/C=C\CCCCCCCCC. The van der Waals surface area contributed by atoms with E-state index in [2.05, 4.69) is 38.2 Å².